The van der Waals surface area contributed by atoms with Gasteiger partial charge >= 0.3 is 0 Å². The molecule has 0 atom stereocenters. The number of nitrogens with zero attached hydrogens (tertiary/aromatic N) is 2. The van der Waals surface area contributed by atoms with Gasteiger partial charge in [-0.25, -0.2) is 4.68 Å². The quantitative estimate of drug-likeness (QED) is 0.768. The lowest BCUT2D eigenvalue weighted by atomic mass is 10.1. The van der Waals surface area contributed by atoms with Crippen LogP contribution in [0.3, 0.4) is 0 Å². The molecule has 1 aliphatic rings. The lowest BCUT2D eigenvalue weighted by molar-refractivity contribution is 0.102. The van der Waals surface area contributed by atoms with Crippen LogP contribution in [0.5, 0.6) is 11.5 Å². The lowest BCUT2D eigenvalue weighted by Gasteiger charge is -2.13. The third-order valence-corrected chi connectivity index (χ3v) is 4.25. The minimum absolute atomic E-state index is 0.166. The minimum Gasteiger partial charge on any atom is -0.454 e. The molecule has 0 saturated heterocycles. The molecule has 2 aromatic carbocycles. The van der Waals surface area contributed by atoms with Crippen LogP contribution in [0, 0.1) is 5.92 Å². The largest absolute Gasteiger partial charge is 0.454 e. The van der Waals surface area contributed by atoms with Crippen LogP contribution < -0.4 is 20.3 Å². The molecule has 3 aromatic rings. The molecule has 0 aliphatic carbocycles. The molecule has 1 N–H and O–H groups in total. The van der Waals surface area contributed by atoms with Crippen molar-refractivity contribution in [1.82, 2.24) is 9.78 Å². The van der Waals surface area contributed by atoms with E-state index in [1.165, 1.54) is 4.68 Å². The van der Waals surface area contributed by atoms with E-state index in [1.807, 2.05) is 13.8 Å². The zero-order valence-corrected chi connectivity index (χ0v) is 15.1. The summed E-state index contributed by atoms with van der Waals surface area (Å²) in [6.45, 7) is 4.60. The van der Waals surface area contributed by atoms with E-state index in [4.69, 9.17) is 9.47 Å². The Labute approximate surface area is 155 Å². The first-order valence-corrected chi connectivity index (χ1v) is 8.74. The number of rotatable bonds is 4. The van der Waals surface area contributed by atoms with Crippen molar-refractivity contribution in [2.24, 2.45) is 5.92 Å². The number of anilines is 1. The first-order valence-electron chi connectivity index (χ1n) is 8.74. The zero-order chi connectivity index (χ0) is 19.0. The molecule has 0 radical (unpaired) electrons. The zero-order valence-electron chi connectivity index (χ0n) is 15.1. The summed E-state index contributed by atoms with van der Waals surface area (Å²) >= 11 is 0. The second kappa shape index (κ2) is 6.75. The van der Waals surface area contributed by atoms with Crippen LogP contribution in [0.4, 0.5) is 5.69 Å². The summed E-state index contributed by atoms with van der Waals surface area (Å²) in [6, 6.07) is 12.2. The first kappa shape index (κ1) is 17.1. The van der Waals surface area contributed by atoms with Crippen molar-refractivity contribution in [2.45, 2.75) is 20.4 Å². The Balaban J connectivity index is 1.74. The third-order valence-electron chi connectivity index (χ3n) is 4.25. The SMILES string of the molecule is CC(C)Cn1nc(C(=O)Nc2ccc3c(c2)OCO3)c2ccccc2c1=O. The Morgan fingerprint density at radius 2 is 1.89 bits per heavy atom. The molecule has 0 bridgehead atoms. The molecule has 1 aromatic heterocycles. The number of fused-ring (bicyclic) bond motifs is 2. The van der Waals surface area contributed by atoms with E-state index >= 15 is 0 Å². The smallest absolute Gasteiger partial charge is 0.276 e. The van der Waals surface area contributed by atoms with E-state index in [0.29, 0.717) is 34.5 Å². The Hall–Kier alpha value is -3.35. The molecule has 7 nitrogen and oxygen atoms in total. The average Bonchev–Trinajstić information content (AvgIpc) is 3.11. The highest BCUT2D eigenvalue weighted by Crippen LogP contribution is 2.34. The summed E-state index contributed by atoms with van der Waals surface area (Å²) in [7, 11) is 0. The monoisotopic (exact) mass is 365 g/mol. The van der Waals surface area contributed by atoms with Gasteiger partial charge in [-0.05, 0) is 24.1 Å². The molecule has 0 spiro atoms. The summed E-state index contributed by atoms with van der Waals surface area (Å²) in [5, 5.41) is 8.18. The molecule has 1 aliphatic heterocycles. The van der Waals surface area contributed by atoms with Gasteiger partial charge in [0.2, 0.25) is 6.79 Å². The van der Waals surface area contributed by atoms with Gasteiger partial charge in [-0.2, -0.15) is 5.10 Å². The minimum atomic E-state index is -0.387. The van der Waals surface area contributed by atoms with E-state index in [-0.39, 0.29) is 29.9 Å². The third kappa shape index (κ3) is 3.23. The van der Waals surface area contributed by atoms with E-state index in [2.05, 4.69) is 10.4 Å². The highest BCUT2D eigenvalue weighted by molar-refractivity contribution is 6.11. The number of ether oxygens (including phenoxy) is 2. The fourth-order valence-electron chi connectivity index (χ4n) is 3.04. The molecule has 138 valence electrons. The molecule has 0 saturated carbocycles. The van der Waals surface area contributed by atoms with Crippen LogP contribution in [-0.2, 0) is 6.54 Å². The topological polar surface area (TPSA) is 82.5 Å². The maximum absolute atomic E-state index is 12.9. The number of amides is 1. The van der Waals surface area contributed by atoms with Gasteiger partial charge in [-0.1, -0.05) is 32.0 Å². The highest BCUT2D eigenvalue weighted by Gasteiger charge is 2.19. The van der Waals surface area contributed by atoms with Gasteiger partial charge in [0.25, 0.3) is 11.5 Å². The van der Waals surface area contributed by atoms with Crippen molar-refractivity contribution in [1.29, 1.82) is 0 Å². The van der Waals surface area contributed by atoms with Crippen LogP contribution >= 0.6 is 0 Å². The molecule has 0 fully saturated rings. The Kier molecular flexibility index (Phi) is 4.27. The molecular weight excluding hydrogens is 346 g/mol. The van der Waals surface area contributed by atoms with Crippen LogP contribution in [-0.4, -0.2) is 22.5 Å². The van der Waals surface area contributed by atoms with Gasteiger partial charge in [0.15, 0.2) is 17.2 Å². The Morgan fingerprint density at radius 3 is 2.67 bits per heavy atom. The molecule has 7 heteroatoms. The van der Waals surface area contributed by atoms with Gasteiger partial charge < -0.3 is 14.8 Å². The number of nitrogens with one attached hydrogen (secondary N) is 1. The van der Waals surface area contributed by atoms with E-state index in [0.717, 1.165) is 0 Å². The number of hydrogen-bond donors (Lipinski definition) is 1. The van der Waals surface area contributed by atoms with Gasteiger partial charge in [0.1, 0.15) is 0 Å². The van der Waals surface area contributed by atoms with Gasteiger partial charge in [0, 0.05) is 23.7 Å². The number of hydrogen-bond acceptors (Lipinski definition) is 5. The second-order valence-corrected chi connectivity index (χ2v) is 6.80. The summed E-state index contributed by atoms with van der Waals surface area (Å²) < 4.78 is 12.0. The average molecular weight is 365 g/mol. The number of carbonyl (C=O) groups is 1. The van der Waals surface area contributed by atoms with E-state index < -0.39 is 0 Å². The van der Waals surface area contributed by atoms with Crippen LogP contribution in [0.2, 0.25) is 0 Å². The Morgan fingerprint density at radius 1 is 1.15 bits per heavy atom. The Bertz CT molecular complexity index is 1090. The van der Waals surface area contributed by atoms with Gasteiger partial charge in [0.05, 0.1) is 5.39 Å². The summed E-state index contributed by atoms with van der Waals surface area (Å²) in [4.78, 5) is 25.6. The summed E-state index contributed by atoms with van der Waals surface area (Å²) in [5.41, 5.74) is 0.583. The molecule has 2 heterocycles. The summed E-state index contributed by atoms with van der Waals surface area (Å²) in [5.74, 6) is 1.06. The van der Waals surface area contributed by atoms with Crippen LogP contribution in [0.15, 0.2) is 47.3 Å². The lowest BCUT2D eigenvalue weighted by Crippen LogP contribution is -2.29. The first-order chi connectivity index (χ1) is 13.0. The summed E-state index contributed by atoms with van der Waals surface area (Å²) in [6.07, 6.45) is 0. The normalized spacial score (nSPS) is 12.6. The van der Waals surface area contributed by atoms with Crippen molar-refractivity contribution < 1.29 is 14.3 Å². The maximum Gasteiger partial charge on any atom is 0.276 e. The van der Waals surface area contributed by atoms with Crippen molar-refractivity contribution in [3.05, 3.63) is 58.5 Å². The van der Waals surface area contributed by atoms with Crippen LogP contribution in [0.25, 0.3) is 10.8 Å². The second-order valence-electron chi connectivity index (χ2n) is 6.80. The molecule has 27 heavy (non-hydrogen) atoms. The van der Waals surface area contributed by atoms with Crippen molar-refractivity contribution >= 4 is 22.4 Å². The van der Waals surface area contributed by atoms with Crippen molar-refractivity contribution in [2.75, 3.05) is 12.1 Å². The van der Waals surface area contributed by atoms with E-state index in [9.17, 15) is 9.59 Å². The highest BCUT2D eigenvalue weighted by atomic mass is 16.7. The van der Waals surface area contributed by atoms with Gasteiger partial charge in [-0.3, -0.25) is 9.59 Å². The van der Waals surface area contributed by atoms with Crippen molar-refractivity contribution in [3.8, 4) is 11.5 Å². The number of carbonyl (C=O) groups excluding carboxylic acids is 1. The predicted molar refractivity (Wildman–Crippen MR) is 101 cm³/mol. The van der Waals surface area contributed by atoms with Crippen molar-refractivity contribution in [3.63, 3.8) is 0 Å². The van der Waals surface area contributed by atoms with E-state index in [1.54, 1.807) is 42.5 Å². The standard InChI is InChI=1S/C20H19N3O4/c1-12(2)10-23-20(25)15-6-4-3-5-14(15)18(22-23)19(24)21-13-7-8-16-17(9-13)27-11-26-16/h3-9,12H,10-11H2,1-2H3,(H,21,24). The molecule has 4 rings (SSSR count). The molecule has 0 unspecified atom stereocenters. The number of aromatic nitrogens is 2. The fourth-order valence-corrected chi connectivity index (χ4v) is 3.04. The van der Waals surface area contributed by atoms with Gasteiger partial charge in [-0.15, -0.1) is 0 Å². The fraction of sp³-hybridized carbons (Fsp3) is 0.250. The molecule has 1 amide bonds. The predicted octanol–water partition coefficient (Wildman–Crippen LogP) is 3.03. The maximum atomic E-state index is 12.9. The number of benzene rings is 2. The van der Waals surface area contributed by atoms with Crippen LogP contribution in [0.1, 0.15) is 24.3 Å². The molecular formula is C20H19N3O4.